The summed E-state index contributed by atoms with van der Waals surface area (Å²) in [5.74, 6) is 0. The quantitative estimate of drug-likeness (QED) is 0.823. The Morgan fingerprint density at radius 3 is 3.25 bits per heavy atom. The third-order valence-corrected chi connectivity index (χ3v) is 3.03. The van der Waals surface area contributed by atoms with Gasteiger partial charge < -0.3 is 5.32 Å². The predicted octanol–water partition coefficient (Wildman–Crippen LogP) is 1.05. The molecule has 0 amide bonds. The van der Waals surface area contributed by atoms with Gasteiger partial charge in [0, 0.05) is 25.3 Å². The Bertz CT molecular complexity index is 299. The van der Waals surface area contributed by atoms with E-state index in [1.165, 1.54) is 19.4 Å². The zero-order chi connectivity index (χ0) is 11.2. The van der Waals surface area contributed by atoms with Crippen LogP contribution in [-0.2, 0) is 6.54 Å². The van der Waals surface area contributed by atoms with Crippen LogP contribution >= 0.6 is 0 Å². The number of piperidine rings is 1. The van der Waals surface area contributed by atoms with Crippen molar-refractivity contribution < 1.29 is 0 Å². The van der Waals surface area contributed by atoms with Crippen molar-refractivity contribution in [2.45, 2.75) is 32.4 Å². The van der Waals surface area contributed by atoms with Crippen molar-refractivity contribution in [2.24, 2.45) is 0 Å². The van der Waals surface area contributed by atoms with Crippen LogP contribution in [0.2, 0.25) is 0 Å². The monoisotopic (exact) mass is 220 g/mol. The van der Waals surface area contributed by atoms with E-state index in [2.05, 4.69) is 27.1 Å². The highest BCUT2D eigenvalue weighted by molar-refractivity contribution is 4.98. The summed E-state index contributed by atoms with van der Waals surface area (Å²) < 4.78 is 0. The highest BCUT2D eigenvalue weighted by Gasteiger charge is 2.18. The van der Waals surface area contributed by atoms with Crippen LogP contribution in [0.1, 0.15) is 25.5 Å². The maximum atomic E-state index is 4.27. The first-order valence-electron chi connectivity index (χ1n) is 6.09. The predicted molar refractivity (Wildman–Crippen MR) is 64.0 cm³/mol. The van der Waals surface area contributed by atoms with E-state index in [4.69, 9.17) is 0 Å². The van der Waals surface area contributed by atoms with Gasteiger partial charge in [-0.3, -0.25) is 4.90 Å². The van der Waals surface area contributed by atoms with Crippen molar-refractivity contribution in [1.29, 1.82) is 0 Å². The number of hydrogen-bond acceptors (Lipinski definition) is 4. The summed E-state index contributed by atoms with van der Waals surface area (Å²) in [4.78, 5) is 10.7. The molecule has 4 heteroatoms. The van der Waals surface area contributed by atoms with Crippen molar-refractivity contribution in [1.82, 2.24) is 20.2 Å². The molecule has 4 nitrogen and oxygen atoms in total. The highest BCUT2D eigenvalue weighted by atomic mass is 15.2. The van der Waals surface area contributed by atoms with E-state index in [0.29, 0.717) is 6.04 Å². The van der Waals surface area contributed by atoms with Crippen molar-refractivity contribution in [3.05, 3.63) is 24.3 Å². The highest BCUT2D eigenvalue weighted by Crippen LogP contribution is 2.12. The van der Waals surface area contributed by atoms with E-state index < -0.39 is 0 Å². The Hall–Kier alpha value is -1.00. The molecule has 16 heavy (non-hydrogen) atoms. The maximum Gasteiger partial charge on any atom is 0.115 e. The molecule has 0 aromatic carbocycles. The second-order valence-electron chi connectivity index (χ2n) is 4.33. The third-order valence-electron chi connectivity index (χ3n) is 3.03. The van der Waals surface area contributed by atoms with Crippen LogP contribution in [-0.4, -0.2) is 40.5 Å². The maximum absolute atomic E-state index is 4.27. The second-order valence-corrected chi connectivity index (χ2v) is 4.33. The number of likely N-dealkylation sites (tertiary alicyclic amines) is 1. The van der Waals surface area contributed by atoms with Crippen LogP contribution < -0.4 is 5.32 Å². The fraction of sp³-hybridized carbons (Fsp3) is 0.667. The van der Waals surface area contributed by atoms with Gasteiger partial charge in [0.05, 0.1) is 5.69 Å². The summed E-state index contributed by atoms with van der Waals surface area (Å²) >= 11 is 0. The van der Waals surface area contributed by atoms with Gasteiger partial charge in [-0.1, -0.05) is 6.92 Å². The zero-order valence-corrected chi connectivity index (χ0v) is 9.89. The molecule has 88 valence electrons. The molecule has 0 saturated carbocycles. The van der Waals surface area contributed by atoms with Gasteiger partial charge in [-0.25, -0.2) is 9.97 Å². The van der Waals surface area contributed by atoms with Crippen LogP contribution in [0.5, 0.6) is 0 Å². The Balaban J connectivity index is 1.85. The van der Waals surface area contributed by atoms with E-state index in [1.54, 1.807) is 6.33 Å². The van der Waals surface area contributed by atoms with Gasteiger partial charge in [0.1, 0.15) is 6.33 Å². The van der Waals surface area contributed by atoms with Crippen molar-refractivity contribution in [3.8, 4) is 0 Å². The van der Waals surface area contributed by atoms with Gasteiger partial charge in [-0.2, -0.15) is 0 Å². The Morgan fingerprint density at radius 1 is 1.56 bits per heavy atom. The first-order chi connectivity index (χ1) is 7.88. The van der Waals surface area contributed by atoms with Crippen molar-refractivity contribution in [3.63, 3.8) is 0 Å². The minimum Gasteiger partial charge on any atom is -0.313 e. The van der Waals surface area contributed by atoms with Gasteiger partial charge in [0.25, 0.3) is 0 Å². The van der Waals surface area contributed by atoms with Crippen LogP contribution in [0.15, 0.2) is 18.6 Å². The lowest BCUT2D eigenvalue weighted by molar-refractivity contribution is 0.183. The minimum atomic E-state index is 0.653. The fourth-order valence-corrected chi connectivity index (χ4v) is 2.30. The van der Waals surface area contributed by atoms with Gasteiger partial charge in [-0.15, -0.1) is 0 Å². The van der Waals surface area contributed by atoms with Gasteiger partial charge >= 0.3 is 0 Å². The Morgan fingerprint density at radius 2 is 2.50 bits per heavy atom. The molecule has 0 radical (unpaired) electrons. The summed E-state index contributed by atoms with van der Waals surface area (Å²) in [5, 5.41) is 3.53. The molecule has 2 heterocycles. The third kappa shape index (κ3) is 3.25. The SMILES string of the molecule is CCNC1CCCN(Cc2ccncn2)C1. The summed E-state index contributed by atoms with van der Waals surface area (Å²) in [7, 11) is 0. The molecular weight excluding hydrogens is 200 g/mol. The van der Waals surface area contributed by atoms with Crippen molar-refractivity contribution >= 4 is 0 Å². The molecule has 2 rings (SSSR count). The van der Waals surface area contributed by atoms with Gasteiger partial charge in [-0.05, 0) is 32.0 Å². The average Bonchev–Trinajstić information content (AvgIpc) is 2.31. The summed E-state index contributed by atoms with van der Waals surface area (Å²) in [6.07, 6.45) is 6.02. The normalized spacial score (nSPS) is 22.2. The lowest BCUT2D eigenvalue weighted by Crippen LogP contribution is -2.45. The Kier molecular flexibility index (Phi) is 4.25. The molecule has 1 unspecified atom stereocenters. The van der Waals surface area contributed by atoms with Crippen LogP contribution in [0.4, 0.5) is 0 Å². The summed E-state index contributed by atoms with van der Waals surface area (Å²) in [6, 6.07) is 2.65. The molecule has 1 saturated heterocycles. The van der Waals surface area contributed by atoms with Gasteiger partial charge in [0.2, 0.25) is 0 Å². The van der Waals surface area contributed by atoms with Crippen LogP contribution in [0, 0.1) is 0 Å². The molecular formula is C12H20N4. The number of rotatable bonds is 4. The van der Waals surface area contributed by atoms with Crippen molar-refractivity contribution in [2.75, 3.05) is 19.6 Å². The van der Waals surface area contributed by atoms with Crippen LogP contribution in [0.3, 0.4) is 0 Å². The smallest absolute Gasteiger partial charge is 0.115 e. The molecule has 0 aliphatic carbocycles. The van der Waals surface area contributed by atoms with Crippen LogP contribution in [0.25, 0.3) is 0 Å². The molecule has 0 bridgehead atoms. The molecule has 1 aromatic heterocycles. The first-order valence-corrected chi connectivity index (χ1v) is 6.09. The van der Waals surface area contributed by atoms with E-state index in [-0.39, 0.29) is 0 Å². The summed E-state index contributed by atoms with van der Waals surface area (Å²) in [5.41, 5.74) is 1.12. The molecule has 1 fully saturated rings. The molecule has 1 aromatic rings. The van der Waals surface area contributed by atoms with E-state index in [0.717, 1.165) is 25.3 Å². The lowest BCUT2D eigenvalue weighted by Gasteiger charge is -2.32. The number of likely N-dealkylation sites (N-methyl/N-ethyl adjacent to an activating group) is 1. The van der Waals surface area contributed by atoms with E-state index in [9.17, 15) is 0 Å². The molecule has 0 spiro atoms. The van der Waals surface area contributed by atoms with E-state index in [1.807, 2.05) is 12.3 Å². The summed E-state index contributed by atoms with van der Waals surface area (Å²) in [6.45, 7) is 6.50. The zero-order valence-electron chi connectivity index (χ0n) is 9.89. The lowest BCUT2D eigenvalue weighted by atomic mass is 10.1. The molecule has 1 atom stereocenters. The average molecular weight is 220 g/mol. The molecule has 1 N–H and O–H groups in total. The molecule has 1 aliphatic heterocycles. The minimum absolute atomic E-state index is 0.653. The Labute approximate surface area is 97.1 Å². The fourth-order valence-electron chi connectivity index (χ4n) is 2.30. The van der Waals surface area contributed by atoms with E-state index >= 15 is 0 Å². The standard InChI is InChI=1S/C12H20N4/c1-2-14-11-4-3-7-16(8-11)9-12-5-6-13-10-15-12/h5-6,10-11,14H,2-4,7-9H2,1H3. The molecule has 1 aliphatic rings. The number of nitrogens with one attached hydrogen (secondary N) is 1. The topological polar surface area (TPSA) is 41.0 Å². The second kappa shape index (κ2) is 5.92. The number of nitrogens with zero attached hydrogens (tertiary/aromatic N) is 3. The largest absolute Gasteiger partial charge is 0.313 e. The number of hydrogen-bond donors (Lipinski definition) is 1. The number of aromatic nitrogens is 2. The van der Waals surface area contributed by atoms with Gasteiger partial charge in [0.15, 0.2) is 0 Å². The first kappa shape index (κ1) is 11.5.